The van der Waals surface area contributed by atoms with Crippen molar-refractivity contribution in [1.29, 1.82) is 0 Å². The van der Waals surface area contributed by atoms with E-state index >= 15 is 0 Å². The van der Waals surface area contributed by atoms with Crippen LogP contribution in [0.25, 0.3) is 0 Å². The summed E-state index contributed by atoms with van der Waals surface area (Å²) in [6, 6.07) is 4.99. The van der Waals surface area contributed by atoms with Crippen LogP contribution in [0.1, 0.15) is 32.8 Å². The zero-order chi connectivity index (χ0) is 14.1. The summed E-state index contributed by atoms with van der Waals surface area (Å²) in [4.78, 5) is 0. The van der Waals surface area contributed by atoms with Gasteiger partial charge in [-0.15, -0.1) is 0 Å². The number of nitrogens with one attached hydrogen (secondary N) is 1. The summed E-state index contributed by atoms with van der Waals surface area (Å²) in [5.74, 6) is 0.508. The molecule has 0 unspecified atom stereocenters. The normalized spacial score (nSPS) is 11.0. The van der Waals surface area contributed by atoms with Gasteiger partial charge in [0.25, 0.3) is 0 Å². The topological polar surface area (TPSA) is 30.5 Å². The van der Waals surface area contributed by atoms with Gasteiger partial charge in [-0.25, -0.2) is 4.39 Å². The molecule has 0 saturated carbocycles. The number of ether oxygens (including phenoxy) is 2. The Hall–Kier alpha value is -1.13. The summed E-state index contributed by atoms with van der Waals surface area (Å²) in [7, 11) is 0. The highest BCUT2D eigenvalue weighted by molar-refractivity contribution is 5.33. The molecule has 0 aliphatic rings. The summed E-state index contributed by atoms with van der Waals surface area (Å²) < 4.78 is 24.2. The maximum atomic E-state index is 13.3. The molecule has 0 radical (unpaired) electrons. The molecule has 0 bridgehead atoms. The van der Waals surface area contributed by atoms with Crippen molar-refractivity contribution in [3.8, 4) is 5.75 Å². The lowest BCUT2D eigenvalue weighted by Gasteiger charge is -2.14. The van der Waals surface area contributed by atoms with Gasteiger partial charge in [0.1, 0.15) is 11.6 Å². The first-order valence-electron chi connectivity index (χ1n) is 6.85. The molecule has 1 rings (SSSR count). The van der Waals surface area contributed by atoms with E-state index in [2.05, 4.69) is 19.2 Å². The van der Waals surface area contributed by atoms with Crippen molar-refractivity contribution in [1.82, 2.24) is 5.32 Å². The van der Waals surface area contributed by atoms with Crippen molar-refractivity contribution in [2.24, 2.45) is 0 Å². The van der Waals surface area contributed by atoms with E-state index < -0.39 is 0 Å². The van der Waals surface area contributed by atoms with Crippen molar-refractivity contribution in [2.45, 2.75) is 39.8 Å². The smallest absolute Gasteiger partial charge is 0.123 e. The van der Waals surface area contributed by atoms with E-state index in [1.807, 2.05) is 6.92 Å². The first kappa shape index (κ1) is 15.9. The minimum Gasteiger partial charge on any atom is -0.493 e. The Labute approximate surface area is 115 Å². The van der Waals surface area contributed by atoms with Crippen molar-refractivity contribution in [2.75, 3.05) is 19.8 Å². The Morgan fingerprint density at radius 3 is 2.74 bits per heavy atom. The lowest BCUT2D eigenvalue weighted by molar-refractivity contribution is 0.130. The van der Waals surface area contributed by atoms with Crippen LogP contribution in [0.4, 0.5) is 4.39 Å². The fourth-order valence-corrected chi connectivity index (χ4v) is 1.63. The lowest BCUT2D eigenvalue weighted by Crippen LogP contribution is -2.22. The largest absolute Gasteiger partial charge is 0.493 e. The SMILES string of the molecule is CCOCCCOc1ccc(F)cc1CNC(C)C. The van der Waals surface area contributed by atoms with E-state index in [1.54, 1.807) is 6.07 Å². The highest BCUT2D eigenvalue weighted by atomic mass is 19.1. The van der Waals surface area contributed by atoms with Crippen molar-refractivity contribution < 1.29 is 13.9 Å². The minimum absolute atomic E-state index is 0.234. The molecule has 3 nitrogen and oxygen atoms in total. The second-order valence-electron chi connectivity index (χ2n) is 4.69. The fourth-order valence-electron chi connectivity index (χ4n) is 1.63. The molecule has 19 heavy (non-hydrogen) atoms. The molecule has 0 amide bonds. The minimum atomic E-state index is -0.234. The van der Waals surface area contributed by atoms with Crippen LogP contribution in [0, 0.1) is 5.82 Å². The third-order valence-electron chi connectivity index (χ3n) is 2.62. The van der Waals surface area contributed by atoms with Crippen LogP contribution >= 0.6 is 0 Å². The molecule has 0 saturated heterocycles. The van der Waals surface area contributed by atoms with E-state index in [0.717, 1.165) is 24.3 Å². The van der Waals surface area contributed by atoms with Crippen molar-refractivity contribution in [3.05, 3.63) is 29.6 Å². The third-order valence-corrected chi connectivity index (χ3v) is 2.62. The molecule has 0 atom stereocenters. The van der Waals surface area contributed by atoms with Crippen LogP contribution in [0.15, 0.2) is 18.2 Å². The van der Waals surface area contributed by atoms with Gasteiger partial charge in [0.2, 0.25) is 0 Å². The van der Waals surface area contributed by atoms with Crippen molar-refractivity contribution in [3.63, 3.8) is 0 Å². The average molecular weight is 269 g/mol. The van der Waals surface area contributed by atoms with E-state index in [9.17, 15) is 4.39 Å². The molecule has 1 aromatic rings. The summed E-state index contributed by atoms with van der Waals surface area (Å²) in [6.07, 6.45) is 0.836. The quantitative estimate of drug-likeness (QED) is 0.699. The molecular formula is C15H24FNO2. The van der Waals surface area contributed by atoms with Crippen LogP contribution < -0.4 is 10.1 Å². The predicted molar refractivity (Wildman–Crippen MR) is 75.0 cm³/mol. The maximum Gasteiger partial charge on any atom is 0.123 e. The summed E-state index contributed by atoms with van der Waals surface area (Å²) in [5.41, 5.74) is 0.852. The van der Waals surface area contributed by atoms with Gasteiger partial charge in [-0.2, -0.15) is 0 Å². The van der Waals surface area contributed by atoms with Gasteiger partial charge >= 0.3 is 0 Å². The van der Waals surface area contributed by atoms with Gasteiger partial charge in [-0.3, -0.25) is 0 Å². The van der Waals surface area contributed by atoms with Crippen LogP contribution in [0.2, 0.25) is 0 Å². The Kier molecular flexibility index (Phi) is 7.45. The van der Waals surface area contributed by atoms with Gasteiger partial charge in [0.05, 0.1) is 6.61 Å². The van der Waals surface area contributed by atoms with Gasteiger partial charge in [-0.1, -0.05) is 13.8 Å². The molecule has 4 heteroatoms. The zero-order valence-electron chi connectivity index (χ0n) is 12.0. The monoisotopic (exact) mass is 269 g/mol. The Balaban J connectivity index is 2.50. The number of benzene rings is 1. The highest BCUT2D eigenvalue weighted by Gasteiger charge is 2.06. The molecule has 0 spiro atoms. The van der Waals surface area contributed by atoms with Gasteiger partial charge < -0.3 is 14.8 Å². The maximum absolute atomic E-state index is 13.3. The van der Waals surface area contributed by atoms with Crippen molar-refractivity contribution >= 4 is 0 Å². The standard InChI is InChI=1S/C15H24FNO2/c1-4-18-8-5-9-19-15-7-6-14(16)10-13(15)11-17-12(2)3/h6-7,10,12,17H,4-5,8-9,11H2,1-3H3. The molecule has 0 aliphatic heterocycles. The van der Waals surface area contributed by atoms with Crippen LogP contribution in [0.5, 0.6) is 5.75 Å². The first-order chi connectivity index (χ1) is 9.13. The second-order valence-corrected chi connectivity index (χ2v) is 4.69. The highest BCUT2D eigenvalue weighted by Crippen LogP contribution is 2.20. The van der Waals surface area contributed by atoms with Gasteiger partial charge in [0.15, 0.2) is 0 Å². The predicted octanol–water partition coefficient (Wildman–Crippen LogP) is 3.13. The molecule has 0 heterocycles. The van der Waals surface area contributed by atoms with E-state index in [1.165, 1.54) is 12.1 Å². The summed E-state index contributed by atoms with van der Waals surface area (Å²) in [5, 5.41) is 3.27. The molecule has 1 aromatic carbocycles. The van der Waals surface area contributed by atoms with Gasteiger partial charge in [-0.05, 0) is 25.1 Å². The summed E-state index contributed by atoms with van der Waals surface area (Å²) in [6.45, 7) is 8.69. The molecule has 0 aromatic heterocycles. The average Bonchev–Trinajstić information content (AvgIpc) is 2.38. The molecule has 108 valence electrons. The third kappa shape index (κ3) is 6.55. The van der Waals surface area contributed by atoms with E-state index in [4.69, 9.17) is 9.47 Å². The number of hydrogen-bond donors (Lipinski definition) is 1. The van der Waals surface area contributed by atoms with E-state index in [0.29, 0.717) is 25.8 Å². The number of hydrogen-bond acceptors (Lipinski definition) is 3. The zero-order valence-corrected chi connectivity index (χ0v) is 12.0. The molecule has 1 N–H and O–H groups in total. The molecule has 0 fully saturated rings. The Bertz CT molecular complexity index is 369. The Morgan fingerprint density at radius 1 is 1.26 bits per heavy atom. The Morgan fingerprint density at radius 2 is 2.05 bits per heavy atom. The summed E-state index contributed by atoms with van der Waals surface area (Å²) >= 11 is 0. The van der Waals surface area contributed by atoms with Crippen LogP contribution in [-0.4, -0.2) is 25.9 Å². The van der Waals surface area contributed by atoms with E-state index in [-0.39, 0.29) is 5.82 Å². The van der Waals surface area contributed by atoms with Gasteiger partial charge in [0, 0.05) is 37.8 Å². The molecular weight excluding hydrogens is 245 g/mol. The molecule has 0 aliphatic carbocycles. The number of rotatable bonds is 9. The number of halogens is 1. The lowest BCUT2D eigenvalue weighted by atomic mass is 10.2. The fraction of sp³-hybridized carbons (Fsp3) is 0.600. The second kappa shape index (κ2) is 8.88. The van der Waals surface area contributed by atoms with Crippen LogP contribution in [-0.2, 0) is 11.3 Å². The first-order valence-corrected chi connectivity index (χ1v) is 6.85. The van der Waals surface area contributed by atoms with Crippen LogP contribution in [0.3, 0.4) is 0 Å².